The Morgan fingerprint density at radius 1 is 0.871 bits per heavy atom. The van der Waals surface area contributed by atoms with E-state index < -0.39 is 5.79 Å². The van der Waals surface area contributed by atoms with Crippen LogP contribution in [0.25, 0.3) is 0 Å². The number of hydrogen-bond donors (Lipinski definition) is 0. The van der Waals surface area contributed by atoms with Gasteiger partial charge in [0.15, 0.2) is 0 Å². The van der Waals surface area contributed by atoms with E-state index in [1.807, 2.05) is 42.5 Å². The lowest BCUT2D eigenvalue weighted by Gasteiger charge is -2.42. The molecule has 31 heavy (non-hydrogen) atoms. The molecular weight excluding hydrogens is 433 g/mol. The topological polar surface area (TPSA) is 38.8 Å². The molecule has 3 aromatic rings. The normalized spacial score (nSPS) is 25.1. The van der Waals surface area contributed by atoms with Crippen molar-refractivity contribution >= 4 is 34.8 Å². The molecule has 0 unspecified atom stereocenters. The van der Waals surface area contributed by atoms with E-state index in [2.05, 4.69) is 19.1 Å². The van der Waals surface area contributed by atoms with Crippen LogP contribution in [-0.4, -0.2) is 19.1 Å². The molecular formula is C25H21Cl2NO3. The number of carbonyl (C=O) groups excluding carboxylic acids is 1. The van der Waals surface area contributed by atoms with Gasteiger partial charge in [-0.05, 0) is 23.8 Å². The summed E-state index contributed by atoms with van der Waals surface area (Å²) in [7, 11) is 0. The largest absolute Gasteiger partial charge is 0.337 e. The van der Waals surface area contributed by atoms with E-state index in [0.29, 0.717) is 34.4 Å². The molecule has 3 aromatic carbocycles. The summed E-state index contributed by atoms with van der Waals surface area (Å²) in [6.07, 6.45) is 0. The number of anilines is 1. The maximum atomic E-state index is 13.7. The van der Waals surface area contributed by atoms with Crippen molar-refractivity contribution in [1.29, 1.82) is 0 Å². The van der Waals surface area contributed by atoms with Crippen LogP contribution in [0.2, 0.25) is 10.0 Å². The van der Waals surface area contributed by atoms with Crippen molar-refractivity contribution < 1.29 is 14.3 Å². The fourth-order valence-corrected chi connectivity index (χ4v) is 4.80. The Balaban J connectivity index is 1.49. The third-order valence-electron chi connectivity index (χ3n) is 6.11. The van der Waals surface area contributed by atoms with Gasteiger partial charge in [0.05, 0.1) is 25.4 Å². The maximum absolute atomic E-state index is 13.7. The Morgan fingerprint density at radius 2 is 1.48 bits per heavy atom. The predicted octanol–water partition coefficient (Wildman–Crippen LogP) is 5.70. The van der Waals surface area contributed by atoms with Crippen LogP contribution in [0.15, 0.2) is 72.8 Å². The summed E-state index contributed by atoms with van der Waals surface area (Å²) in [5.41, 5.74) is 2.91. The number of fused-ring (bicyclic) bond motifs is 2. The molecule has 0 N–H and O–H groups in total. The zero-order chi connectivity index (χ0) is 21.6. The standard InChI is InChI=1S/C25H21Cl2NO3/c1-24(17-8-3-2-4-9-17)15-30-25(31-16-24)19-10-5-6-13-22(19)28(23(25)29)14-18-20(26)11-7-12-21(18)27/h2-13H,14-16H2,1H3. The number of ether oxygens (including phenoxy) is 2. The lowest BCUT2D eigenvalue weighted by molar-refractivity contribution is -0.275. The van der Waals surface area contributed by atoms with Gasteiger partial charge in [0.1, 0.15) is 0 Å². The minimum absolute atomic E-state index is 0.235. The van der Waals surface area contributed by atoms with Crippen LogP contribution in [-0.2, 0) is 32.0 Å². The van der Waals surface area contributed by atoms with Crippen molar-refractivity contribution in [3.63, 3.8) is 0 Å². The number of halogens is 2. The minimum atomic E-state index is -1.46. The second kappa shape index (κ2) is 7.64. The van der Waals surface area contributed by atoms with Gasteiger partial charge in [-0.1, -0.05) is 84.7 Å². The molecule has 2 aliphatic heterocycles. The molecule has 0 saturated carbocycles. The van der Waals surface area contributed by atoms with Crippen molar-refractivity contribution in [3.8, 4) is 0 Å². The highest BCUT2D eigenvalue weighted by Gasteiger charge is 2.57. The highest BCUT2D eigenvalue weighted by atomic mass is 35.5. The van der Waals surface area contributed by atoms with E-state index in [1.165, 1.54) is 0 Å². The molecule has 2 aliphatic rings. The fraction of sp³-hybridized carbons (Fsp3) is 0.240. The zero-order valence-corrected chi connectivity index (χ0v) is 18.5. The Bertz CT molecular complexity index is 1120. The van der Waals surface area contributed by atoms with Crippen LogP contribution in [0.3, 0.4) is 0 Å². The number of amides is 1. The van der Waals surface area contributed by atoms with Crippen LogP contribution in [0.5, 0.6) is 0 Å². The van der Waals surface area contributed by atoms with Gasteiger partial charge in [0, 0.05) is 26.6 Å². The molecule has 4 nitrogen and oxygen atoms in total. The van der Waals surface area contributed by atoms with Crippen molar-refractivity contribution in [2.24, 2.45) is 0 Å². The molecule has 0 atom stereocenters. The lowest BCUT2D eigenvalue weighted by atomic mass is 9.83. The summed E-state index contributed by atoms with van der Waals surface area (Å²) in [6, 6.07) is 23.0. The SMILES string of the molecule is CC1(c2ccccc2)COC2(OC1)C(=O)N(Cc1c(Cl)cccc1Cl)c1ccccc12. The van der Waals surface area contributed by atoms with E-state index in [1.54, 1.807) is 23.1 Å². The molecule has 1 amide bonds. The first-order chi connectivity index (χ1) is 14.9. The molecule has 1 saturated heterocycles. The molecule has 5 rings (SSSR count). The molecule has 0 radical (unpaired) electrons. The molecule has 1 fully saturated rings. The van der Waals surface area contributed by atoms with Gasteiger partial charge in [-0.2, -0.15) is 0 Å². The molecule has 0 aromatic heterocycles. The number of nitrogens with zero attached hydrogens (tertiary/aromatic N) is 1. The molecule has 1 spiro atoms. The monoisotopic (exact) mass is 453 g/mol. The summed E-state index contributed by atoms with van der Waals surface area (Å²) in [5.74, 6) is -1.72. The predicted molar refractivity (Wildman–Crippen MR) is 121 cm³/mol. The van der Waals surface area contributed by atoms with Gasteiger partial charge in [0.2, 0.25) is 0 Å². The maximum Gasteiger partial charge on any atom is 0.292 e. The molecule has 0 bridgehead atoms. The summed E-state index contributed by atoms with van der Waals surface area (Å²) in [6.45, 7) is 3.04. The Morgan fingerprint density at radius 3 is 2.16 bits per heavy atom. The lowest BCUT2D eigenvalue weighted by Crippen LogP contribution is -2.53. The van der Waals surface area contributed by atoms with E-state index in [-0.39, 0.29) is 17.9 Å². The van der Waals surface area contributed by atoms with Gasteiger partial charge in [-0.15, -0.1) is 0 Å². The third kappa shape index (κ3) is 3.26. The van der Waals surface area contributed by atoms with Crippen LogP contribution >= 0.6 is 23.2 Å². The van der Waals surface area contributed by atoms with Crippen molar-refractivity contribution in [1.82, 2.24) is 0 Å². The summed E-state index contributed by atoms with van der Waals surface area (Å²) < 4.78 is 12.6. The van der Waals surface area contributed by atoms with E-state index in [9.17, 15) is 4.79 Å². The van der Waals surface area contributed by atoms with Gasteiger partial charge >= 0.3 is 0 Å². The Kier molecular flexibility index (Phi) is 5.06. The second-order valence-corrected chi connectivity index (χ2v) is 9.04. The fourth-order valence-electron chi connectivity index (χ4n) is 4.28. The molecule has 158 valence electrons. The van der Waals surface area contributed by atoms with Crippen LogP contribution in [0.4, 0.5) is 5.69 Å². The van der Waals surface area contributed by atoms with Gasteiger partial charge in [-0.3, -0.25) is 4.79 Å². The Labute approximate surface area is 191 Å². The van der Waals surface area contributed by atoms with Crippen molar-refractivity contribution in [2.45, 2.75) is 24.7 Å². The van der Waals surface area contributed by atoms with Gasteiger partial charge in [0.25, 0.3) is 11.7 Å². The molecule has 0 aliphatic carbocycles. The first-order valence-electron chi connectivity index (χ1n) is 10.1. The van der Waals surface area contributed by atoms with E-state index in [0.717, 1.165) is 11.3 Å². The van der Waals surface area contributed by atoms with Crippen LogP contribution in [0, 0.1) is 0 Å². The van der Waals surface area contributed by atoms with Crippen molar-refractivity contribution in [3.05, 3.63) is 99.5 Å². The summed E-state index contributed by atoms with van der Waals surface area (Å²) in [5, 5.41) is 1.03. The highest BCUT2D eigenvalue weighted by Crippen LogP contribution is 2.48. The van der Waals surface area contributed by atoms with Crippen LogP contribution < -0.4 is 4.90 Å². The quantitative estimate of drug-likeness (QED) is 0.510. The third-order valence-corrected chi connectivity index (χ3v) is 6.82. The highest BCUT2D eigenvalue weighted by molar-refractivity contribution is 6.36. The first-order valence-corrected chi connectivity index (χ1v) is 10.9. The van der Waals surface area contributed by atoms with Crippen molar-refractivity contribution in [2.75, 3.05) is 18.1 Å². The van der Waals surface area contributed by atoms with E-state index >= 15 is 0 Å². The molecule has 2 heterocycles. The second-order valence-electron chi connectivity index (χ2n) is 8.23. The Hall–Kier alpha value is -2.37. The summed E-state index contributed by atoms with van der Waals surface area (Å²) >= 11 is 12.8. The summed E-state index contributed by atoms with van der Waals surface area (Å²) in [4.78, 5) is 15.3. The average Bonchev–Trinajstić information content (AvgIpc) is 3.02. The molecule has 6 heteroatoms. The average molecular weight is 454 g/mol. The first kappa shape index (κ1) is 20.5. The number of hydrogen-bond acceptors (Lipinski definition) is 3. The van der Waals surface area contributed by atoms with Crippen LogP contribution in [0.1, 0.15) is 23.6 Å². The number of carbonyl (C=O) groups is 1. The van der Waals surface area contributed by atoms with Gasteiger partial charge in [-0.25, -0.2) is 0 Å². The number of benzene rings is 3. The number of para-hydroxylation sites is 1. The zero-order valence-electron chi connectivity index (χ0n) is 17.0. The van der Waals surface area contributed by atoms with Gasteiger partial charge < -0.3 is 14.4 Å². The van der Waals surface area contributed by atoms with E-state index in [4.69, 9.17) is 32.7 Å². The number of rotatable bonds is 3. The smallest absolute Gasteiger partial charge is 0.292 e. The minimum Gasteiger partial charge on any atom is -0.337 e.